The Hall–Kier alpha value is -0.390. The molecule has 1 aromatic heterocycles. The van der Waals surface area contributed by atoms with Crippen LogP contribution in [0.1, 0.15) is 19.5 Å². The van der Waals surface area contributed by atoms with Crippen molar-refractivity contribution >= 4 is 23.2 Å². The molecule has 1 aliphatic heterocycles. The molecule has 0 aliphatic carbocycles. The molecule has 2 rings (SSSR count). The van der Waals surface area contributed by atoms with Crippen molar-refractivity contribution in [2.24, 2.45) is 0 Å². The molecule has 0 bridgehead atoms. The summed E-state index contributed by atoms with van der Waals surface area (Å²) in [6.07, 6.45) is -0.179. The second-order valence-corrected chi connectivity index (χ2v) is 6.21. The molecule has 0 aromatic carbocycles. The molecule has 1 unspecified atom stereocenters. The Balaban J connectivity index is 2.11. The van der Waals surface area contributed by atoms with Crippen molar-refractivity contribution in [2.75, 3.05) is 19.7 Å². The number of nitrogens with zero attached hydrogens (tertiary/aromatic N) is 2. The summed E-state index contributed by atoms with van der Waals surface area (Å²) in [6, 6.07) is 3.43. The van der Waals surface area contributed by atoms with Gasteiger partial charge in [0, 0.05) is 19.6 Å². The molecule has 0 radical (unpaired) electrons. The third-order valence-corrected chi connectivity index (χ3v) is 3.57. The van der Waals surface area contributed by atoms with Crippen LogP contribution in [0.15, 0.2) is 12.1 Å². The average Bonchev–Trinajstić information content (AvgIpc) is 2.32. The summed E-state index contributed by atoms with van der Waals surface area (Å²) in [5, 5.41) is 10.3. The van der Waals surface area contributed by atoms with E-state index in [4.69, 9.17) is 27.9 Å². The van der Waals surface area contributed by atoms with Gasteiger partial charge in [0.15, 0.2) is 0 Å². The van der Waals surface area contributed by atoms with Crippen LogP contribution >= 0.6 is 23.2 Å². The van der Waals surface area contributed by atoms with Gasteiger partial charge in [-0.1, -0.05) is 23.2 Å². The van der Waals surface area contributed by atoms with Crippen LogP contribution in [0, 0.1) is 0 Å². The molecule has 0 amide bonds. The van der Waals surface area contributed by atoms with Crippen molar-refractivity contribution in [3.63, 3.8) is 0 Å². The summed E-state index contributed by atoms with van der Waals surface area (Å²) in [7, 11) is 0. The molecular weight excluding hydrogens is 287 g/mol. The normalized spacial score (nSPS) is 23.5. The molecule has 1 N–H and O–H groups in total. The smallest absolute Gasteiger partial charge is 0.129 e. The van der Waals surface area contributed by atoms with E-state index in [0.717, 1.165) is 12.2 Å². The van der Waals surface area contributed by atoms with Gasteiger partial charge in [-0.25, -0.2) is 4.98 Å². The van der Waals surface area contributed by atoms with Gasteiger partial charge in [-0.05, 0) is 26.0 Å². The maximum atomic E-state index is 9.29. The highest BCUT2D eigenvalue weighted by Crippen LogP contribution is 2.24. The third kappa shape index (κ3) is 4.04. The van der Waals surface area contributed by atoms with Crippen molar-refractivity contribution < 1.29 is 9.84 Å². The van der Waals surface area contributed by atoms with Gasteiger partial charge in [0.25, 0.3) is 0 Å². The first kappa shape index (κ1) is 15.0. The summed E-state index contributed by atoms with van der Waals surface area (Å²) in [4.78, 5) is 6.43. The Labute approximate surface area is 123 Å². The van der Waals surface area contributed by atoms with Crippen LogP contribution in [0.5, 0.6) is 0 Å². The fourth-order valence-corrected chi connectivity index (χ4v) is 2.74. The lowest BCUT2D eigenvalue weighted by atomic mass is 10.1. The van der Waals surface area contributed by atoms with Crippen molar-refractivity contribution in [1.29, 1.82) is 0 Å². The minimum Gasteiger partial charge on any atom is -0.394 e. The zero-order chi connectivity index (χ0) is 14.0. The predicted molar refractivity (Wildman–Crippen MR) is 75.6 cm³/mol. The van der Waals surface area contributed by atoms with Crippen LogP contribution in [0.25, 0.3) is 0 Å². The van der Waals surface area contributed by atoms with Crippen molar-refractivity contribution in [3.05, 3.63) is 28.0 Å². The lowest BCUT2D eigenvalue weighted by molar-refractivity contribution is -0.150. The molecule has 19 heavy (non-hydrogen) atoms. The van der Waals surface area contributed by atoms with Crippen LogP contribution < -0.4 is 0 Å². The zero-order valence-corrected chi connectivity index (χ0v) is 12.6. The highest BCUT2D eigenvalue weighted by Gasteiger charge is 2.33. The number of ether oxygens (including phenoxy) is 1. The molecule has 6 heteroatoms. The Morgan fingerprint density at radius 2 is 2.21 bits per heavy atom. The minimum absolute atomic E-state index is 0.0106. The van der Waals surface area contributed by atoms with Gasteiger partial charge < -0.3 is 9.84 Å². The number of hydrogen-bond donors (Lipinski definition) is 1. The molecule has 4 nitrogen and oxygen atoms in total. The topological polar surface area (TPSA) is 45.6 Å². The Morgan fingerprint density at radius 1 is 1.47 bits per heavy atom. The van der Waals surface area contributed by atoms with Crippen LogP contribution in [0.2, 0.25) is 10.2 Å². The number of halogens is 2. The maximum absolute atomic E-state index is 9.29. The second-order valence-electron chi connectivity index (χ2n) is 5.41. The first-order valence-corrected chi connectivity index (χ1v) is 6.97. The molecule has 0 saturated carbocycles. The molecule has 2 heterocycles. The van der Waals surface area contributed by atoms with Gasteiger partial charge >= 0.3 is 0 Å². The average molecular weight is 305 g/mol. The van der Waals surface area contributed by atoms with Gasteiger partial charge in [0.1, 0.15) is 5.15 Å². The largest absolute Gasteiger partial charge is 0.394 e. The number of aliphatic hydroxyl groups is 1. The van der Waals surface area contributed by atoms with Gasteiger partial charge in [0.2, 0.25) is 0 Å². The lowest BCUT2D eigenvalue weighted by Crippen LogP contribution is -2.53. The van der Waals surface area contributed by atoms with Crippen LogP contribution in [-0.4, -0.2) is 46.4 Å². The number of pyridine rings is 1. The van der Waals surface area contributed by atoms with E-state index in [0.29, 0.717) is 23.3 Å². The zero-order valence-electron chi connectivity index (χ0n) is 11.1. The van der Waals surface area contributed by atoms with E-state index in [1.165, 1.54) is 0 Å². The van der Waals surface area contributed by atoms with Gasteiger partial charge in [-0.2, -0.15) is 0 Å². The summed E-state index contributed by atoms with van der Waals surface area (Å²) in [5.74, 6) is 0. The lowest BCUT2D eigenvalue weighted by Gasteiger charge is -2.42. The van der Waals surface area contributed by atoms with Crippen molar-refractivity contribution in [2.45, 2.75) is 32.1 Å². The summed E-state index contributed by atoms with van der Waals surface area (Å²) >= 11 is 12.0. The fourth-order valence-electron chi connectivity index (χ4n) is 2.41. The highest BCUT2D eigenvalue weighted by molar-refractivity contribution is 6.32. The van der Waals surface area contributed by atoms with E-state index in [1.807, 2.05) is 13.8 Å². The van der Waals surface area contributed by atoms with Crippen LogP contribution in [0.4, 0.5) is 0 Å². The molecular formula is C13H18Cl2N2O2. The Bertz CT molecular complexity index is 454. The highest BCUT2D eigenvalue weighted by atomic mass is 35.5. The Kier molecular flexibility index (Phi) is 4.69. The fraction of sp³-hybridized carbons (Fsp3) is 0.615. The number of rotatable bonds is 3. The van der Waals surface area contributed by atoms with E-state index in [-0.39, 0.29) is 18.3 Å². The van der Waals surface area contributed by atoms with E-state index in [2.05, 4.69) is 9.88 Å². The standard InChI is InChI=1S/C13H18Cl2N2O2/c1-13(2)8-17(5-9(7-18)19-13)6-11-10(14)3-4-12(15)16-11/h3-4,9,18H,5-8H2,1-2H3. The first-order chi connectivity index (χ1) is 8.89. The van der Waals surface area contributed by atoms with Crippen molar-refractivity contribution in [3.8, 4) is 0 Å². The number of aromatic nitrogens is 1. The molecule has 1 atom stereocenters. The number of morpholine rings is 1. The quantitative estimate of drug-likeness (QED) is 0.871. The van der Waals surface area contributed by atoms with Gasteiger partial charge in [-0.3, -0.25) is 4.90 Å². The summed E-state index contributed by atoms with van der Waals surface area (Å²) < 4.78 is 5.77. The molecule has 106 valence electrons. The SMILES string of the molecule is CC1(C)CN(Cc2nc(Cl)ccc2Cl)CC(CO)O1. The third-order valence-electron chi connectivity index (χ3n) is 3.01. The van der Waals surface area contributed by atoms with Crippen molar-refractivity contribution in [1.82, 2.24) is 9.88 Å². The maximum Gasteiger partial charge on any atom is 0.129 e. The number of aliphatic hydroxyl groups excluding tert-OH is 1. The molecule has 1 fully saturated rings. The van der Waals surface area contributed by atoms with E-state index in [1.54, 1.807) is 12.1 Å². The second kappa shape index (κ2) is 5.94. The van der Waals surface area contributed by atoms with E-state index in [9.17, 15) is 5.11 Å². The van der Waals surface area contributed by atoms with Crippen LogP contribution in [-0.2, 0) is 11.3 Å². The minimum atomic E-state index is -0.295. The van der Waals surface area contributed by atoms with Gasteiger partial charge in [-0.15, -0.1) is 0 Å². The first-order valence-electron chi connectivity index (χ1n) is 6.21. The van der Waals surface area contributed by atoms with E-state index < -0.39 is 0 Å². The molecule has 1 saturated heterocycles. The van der Waals surface area contributed by atoms with Gasteiger partial charge in [0.05, 0.1) is 29.0 Å². The number of hydrogen-bond acceptors (Lipinski definition) is 4. The monoisotopic (exact) mass is 304 g/mol. The Morgan fingerprint density at radius 3 is 2.89 bits per heavy atom. The predicted octanol–water partition coefficient (Wildman–Crippen LogP) is 2.36. The van der Waals surface area contributed by atoms with Crippen LogP contribution in [0.3, 0.4) is 0 Å². The van der Waals surface area contributed by atoms with E-state index >= 15 is 0 Å². The molecule has 1 aromatic rings. The summed E-state index contributed by atoms with van der Waals surface area (Å²) in [6.45, 7) is 6.04. The summed E-state index contributed by atoms with van der Waals surface area (Å²) in [5.41, 5.74) is 0.458. The molecule has 0 spiro atoms. The molecule has 1 aliphatic rings.